The van der Waals surface area contributed by atoms with Crippen LogP contribution in [0.4, 0.5) is 5.82 Å². The van der Waals surface area contributed by atoms with Gasteiger partial charge in [0.1, 0.15) is 11.5 Å². The van der Waals surface area contributed by atoms with Crippen LogP contribution in [0.2, 0.25) is 0 Å². The van der Waals surface area contributed by atoms with Crippen LogP contribution in [0.3, 0.4) is 0 Å². The van der Waals surface area contributed by atoms with Crippen LogP contribution >= 0.6 is 0 Å². The predicted octanol–water partition coefficient (Wildman–Crippen LogP) is 3.56. The topological polar surface area (TPSA) is 87.0 Å². The van der Waals surface area contributed by atoms with E-state index >= 15 is 0 Å². The van der Waals surface area contributed by atoms with Crippen LogP contribution < -0.4 is 10.2 Å². The Morgan fingerprint density at radius 1 is 1.13 bits per heavy atom. The Morgan fingerprint density at radius 3 is 2.83 bits per heavy atom. The summed E-state index contributed by atoms with van der Waals surface area (Å²) in [5, 5.41) is 9.75. The summed E-state index contributed by atoms with van der Waals surface area (Å²) in [7, 11) is 0. The Labute approximate surface area is 173 Å². The lowest BCUT2D eigenvalue weighted by Gasteiger charge is -2.29. The smallest absolute Gasteiger partial charge is 0.272 e. The van der Waals surface area contributed by atoms with E-state index in [0.29, 0.717) is 23.7 Å². The van der Waals surface area contributed by atoms with Gasteiger partial charge in [-0.15, -0.1) is 0 Å². The molecule has 150 valence electrons. The fourth-order valence-electron chi connectivity index (χ4n) is 3.67. The Kier molecular flexibility index (Phi) is 4.77. The first kappa shape index (κ1) is 18.2. The molecule has 0 fully saturated rings. The van der Waals surface area contributed by atoms with E-state index in [4.69, 9.17) is 4.42 Å². The maximum Gasteiger partial charge on any atom is 0.272 e. The van der Waals surface area contributed by atoms with Crippen LogP contribution in [0.15, 0.2) is 71.5 Å². The number of hydrogen-bond donors (Lipinski definition) is 2. The zero-order valence-corrected chi connectivity index (χ0v) is 16.3. The van der Waals surface area contributed by atoms with Gasteiger partial charge in [-0.25, -0.2) is 4.98 Å². The molecule has 0 spiro atoms. The quantitative estimate of drug-likeness (QED) is 0.536. The zero-order valence-electron chi connectivity index (χ0n) is 16.3. The van der Waals surface area contributed by atoms with E-state index in [-0.39, 0.29) is 5.91 Å². The molecule has 7 nitrogen and oxygen atoms in total. The van der Waals surface area contributed by atoms with Crippen LogP contribution in [0.1, 0.15) is 27.2 Å². The van der Waals surface area contributed by atoms with E-state index in [1.54, 1.807) is 18.4 Å². The molecule has 1 amide bonds. The molecule has 0 bridgehead atoms. The van der Waals surface area contributed by atoms with Gasteiger partial charge in [-0.05, 0) is 41.3 Å². The average molecular weight is 399 g/mol. The van der Waals surface area contributed by atoms with Crippen LogP contribution in [-0.2, 0) is 19.5 Å². The second-order valence-electron chi connectivity index (χ2n) is 7.29. The SMILES string of the molecule is O=C(NCc1ccc(N2CCc3ccccc3C2)nc1)c1cc(-c2ccco2)[nH]n1. The number of nitrogens with one attached hydrogen (secondary N) is 2. The molecule has 1 aliphatic heterocycles. The molecule has 1 aliphatic rings. The van der Waals surface area contributed by atoms with Crippen molar-refractivity contribution in [3.8, 4) is 11.5 Å². The summed E-state index contributed by atoms with van der Waals surface area (Å²) in [4.78, 5) is 19.3. The number of aromatic nitrogens is 3. The summed E-state index contributed by atoms with van der Waals surface area (Å²) in [5.41, 5.74) is 4.69. The predicted molar refractivity (Wildman–Crippen MR) is 113 cm³/mol. The number of furan rings is 1. The highest BCUT2D eigenvalue weighted by Crippen LogP contribution is 2.23. The van der Waals surface area contributed by atoms with Gasteiger partial charge in [0.05, 0.1) is 6.26 Å². The molecule has 3 aromatic heterocycles. The van der Waals surface area contributed by atoms with Crippen LogP contribution in [0.25, 0.3) is 11.5 Å². The molecule has 0 atom stereocenters. The van der Waals surface area contributed by atoms with Gasteiger partial charge < -0.3 is 14.6 Å². The second-order valence-corrected chi connectivity index (χ2v) is 7.29. The number of H-pyrrole nitrogens is 1. The minimum absolute atomic E-state index is 0.249. The molecule has 1 aromatic carbocycles. The minimum atomic E-state index is -0.249. The monoisotopic (exact) mass is 399 g/mol. The molecule has 4 aromatic rings. The summed E-state index contributed by atoms with van der Waals surface area (Å²) in [6.45, 7) is 2.21. The molecule has 0 radical (unpaired) electrons. The lowest BCUT2D eigenvalue weighted by Crippen LogP contribution is -2.31. The van der Waals surface area contributed by atoms with Crippen molar-refractivity contribution in [3.63, 3.8) is 0 Å². The van der Waals surface area contributed by atoms with E-state index in [1.807, 2.05) is 24.4 Å². The highest BCUT2D eigenvalue weighted by atomic mass is 16.3. The molecule has 0 aliphatic carbocycles. The number of amides is 1. The molecule has 5 rings (SSSR count). The van der Waals surface area contributed by atoms with Gasteiger partial charge >= 0.3 is 0 Å². The van der Waals surface area contributed by atoms with Crippen molar-refractivity contribution in [3.05, 3.63) is 89.4 Å². The Hall–Kier alpha value is -3.87. The lowest BCUT2D eigenvalue weighted by atomic mass is 10.00. The molecule has 2 N–H and O–H groups in total. The second kappa shape index (κ2) is 7.87. The van der Waals surface area contributed by atoms with E-state index in [0.717, 1.165) is 30.9 Å². The van der Waals surface area contributed by atoms with Crippen molar-refractivity contribution < 1.29 is 9.21 Å². The van der Waals surface area contributed by atoms with Crippen molar-refractivity contribution in [1.82, 2.24) is 20.5 Å². The van der Waals surface area contributed by atoms with E-state index in [2.05, 4.69) is 49.7 Å². The lowest BCUT2D eigenvalue weighted by molar-refractivity contribution is 0.0946. The number of aromatic amines is 1. The molecular formula is C23H21N5O2. The van der Waals surface area contributed by atoms with Gasteiger partial charge in [-0.1, -0.05) is 30.3 Å². The summed E-state index contributed by atoms with van der Waals surface area (Å²) in [6.07, 6.45) is 4.42. The Bertz CT molecular complexity index is 1150. The summed E-state index contributed by atoms with van der Waals surface area (Å²) in [6, 6.07) is 17.8. The Balaban J connectivity index is 1.19. The van der Waals surface area contributed by atoms with Crippen molar-refractivity contribution in [1.29, 1.82) is 0 Å². The van der Waals surface area contributed by atoms with Crippen LogP contribution in [-0.4, -0.2) is 27.6 Å². The van der Waals surface area contributed by atoms with Crippen molar-refractivity contribution in [2.45, 2.75) is 19.5 Å². The summed E-state index contributed by atoms with van der Waals surface area (Å²) in [5.74, 6) is 1.34. The fourth-order valence-corrected chi connectivity index (χ4v) is 3.67. The van der Waals surface area contributed by atoms with Crippen molar-refractivity contribution in [2.75, 3.05) is 11.4 Å². The molecule has 0 saturated carbocycles. The zero-order chi connectivity index (χ0) is 20.3. The third-order valence-electron chi connectivity index (χ3n) is 5.31. The number of fused-ring (bicyclic) bond motifs is 1. The number of carbonyl (C=O) groups excluding carboxylic acids is 1. The highest BCUT2D eigenvalue weighted by Gasteiger charge is 2.17. The number of anilines is 1. The van der Waals surface area contributed by atoms with Crippen molar-refractivity contribution >= 4 is 11.7 Å². The normalized spacial score (nSPS) is 13.1. The van der Waals surface area contributed by atoms with Crippen LogP contribution in [0, 0.1) is 0 Å². The molecular weight excluding hydrogens is 378 g/mol. The van der Waals surface area contributed by atoms with Gasteiger partial charge in [-0.2, -0.15) is 5.10 Å². The number of pyridine rings is 1. The average Bonchev–Trinajstić information content (AvgIpc) is 3.49. The van der Waals surface area contributed by atoms with Crippen molar-refractivity contribution in [2.24, 2.45) is 0 Å². The summed E-state index contributed by atoms with van der Waals surface area (Å²) >= 11 is 0. The van der Waals surface area contributed by atoms with Gasteiger partial charge in [0.25, 0.3) is 5.91 Å². The summed E-state index contributed by atoms with van der Waals surface area (Å²) < 4.78 is 5.31. The maximum atomic E-state index is 12.4. The molecule has 0 saturated heterocycles. The van der Waals surface area contributed by atoms with Crippen LogP contribution in [0.5, 0.6) is 0 Å². The van der Waals surface area contributed by atoms with E-state index in [1.165, 1.54) is 11.1 Å². The number of nitrogens with zero attached hydrogens (tertiary/aromatic N) is 3. The largest absolute Gasteiger partial charge is 0.463 e. The maximum absolute atomic E-state index is 12.4. The first-order valence-corrected chi connectivity index (χ1v) is 9.90. The number of rotatable bonds is 5. The highest BCUT2D eigenvalue weighted by molar-refractivity contribution is 5.93. The third-order valence-corrected chi connectivity index (χ3v) is 5.31. The van der Waals surface area contributed by atoms with Gasteiger partial charge in [0.15, 0.2) is 11.5 Å². The van der Waals surface area contributed by atoms with Gasteiger partial charge in [0, 0.05) is 31.9 Å². The number of carbonyl (C=O) groups is 1. The molecule has 4 heterocycles. The first-order valence-electron chi connectivity index (χ1n) is 9.90. The first-order chi connectivity index (χ1) is 14.8. The van der Waals surface area contributed by atoms with Gasteiger partial charge in [0.2, 0.25) is 0 Å². The molecule has 7 heteroatoms. The minimum Gasteiger partial charge on any atom is -0.463 e. The third kappa shape index (κ3) is 3.69. The fraction of sp³-hybridized carbons (Fsp3) is 0.174. The van der Waals surface area contributed by atoms with E-state index in [9.17, 15) is 4.79 Å². The Morgan fingerprint density at radius 2 is 2.03 bits per heavy atom. The molecule has 0 unspecified atom stereocenters. The standard InChI is InChI=1S/C23H21N5O2/c29-23(20-12-19(26-27-20)21-6-3-11-30-21)25-14-16-7-8-22(24-13-16)28-10-9-17-4-1-2-5-18(17)15-28/h1-8,11-13H,9-10,14-15H2,(H,25,29)(H,26,27). The van der Waals surface area contributed by atoms with Gasteiger partial charge in [-0.3, -0.25) is 9.89 Å². The van der Waals surface area contributed by atoms with E-state index < -0.39 is 0 Å². The number of benzene rings is 1. The number of hydrogen-bond acceptors (Lipinski definition) is 5. The molecule has 30 heavy (non-hydrogen) atoms.